The monoisotopic (exact) mass is 343 g/mol. The van der Waals surface area contributed by atoms with Gasteiger partial charge in [0.15, 0.2) is 5.76 Å². The topological polar surface area (TPSA) is 58.8 Å². The number of hydrogen-bond acceptors (Lipinski definition) is 5. The van der Waals surface area contributed by atoms with Crippen LogP contribution in [0.1, 0.15) is 29.0 Å². The summed E-state index contributed by atoms with van der Waals surface area (Å²) in [6, 6.07) is 7.80. The highest BCUT2D eigenvalue weighted by atomic mass is 16.5. The minimum absolute atomic E-state index is 0.0466. The van der Waals surface area contributed by atoms with E-state index in [0.29, 0.717) is 18.9 Å². The van der Waals surface area contributed by atoms with Gasteiger partial charge >= 0.3 is 0 Å². The second kappa shape index (κ2) is 8.78. The van der Waals surface area contributed by atoms with Gasteiger partial charge in [-0.1, -0.05) is 0 Å². The van der Waals surface area contributed by atoms with E-state index in [1.54, 1.807) is 25.5 Å². The number of nitrogens with zero attached hydrogens (tertiary/aromatic N) is 3. The Morgan fingerprint density at radius 3 is 2.72 bits per heavy atom. The fourth-order valence-corrected chi connectivity index (χ4v) is 3.32. The van der Waals surface area contributed by atoms with Gasteiger partial charge in [0.25, 0.3) is 5.91 Å². The molecule has 1 fully saturated rings. The van der Waals surface area contributed by atoms with Gasteiger partial charge in [-0.3, -0.25) is 14.7 Å². The zero-order valence-electron chi connectivity index (χ0n) is 14.6. The van der Waals surface area contributed by atoms with Crippen LogP contribution in [0.15, 0.2) is 47.3 Å². The first-order valence-corrected chi connectivity index (χ1v) is 8.72. The number of aromatic nitrogens is 1. The number of pyridine rings is 1. The average Bonchev–Trinajstić information content (AvgIpc) is 3.19. The van der Waals surface area contributed by atoms with Gasteiger partial charge in [-0.05, 0) is 42.7 Å². The number of hydrogen-bond donors (Lipinski definition) is 0. The highest BCUT2D eigenvalue weighted by Gasteiger charge is 2.29. The van der Waals surface area contributed by atoms with E-state index < -0.39 is 0 Å². The minimum Gasteiger partial charge on any atom is -0.459 e. The average molecular weight is 343 g/mol. The molecule has 1 saturated heterocycles. The summed E-state index contributed by atoms with van der Waals surface area (Å²) in [5.41, 5.74) is 1.27. The van der Waals surface area contributed by atoms with Crippen molar-refractivity contribution in [2.24, 2.45) is 0 Å². The van der Waals surface area contributed by atoms with Gasteiger partial charge in [0.1, 0.15) is 0 Å². The lowest BCUT2D eigenvalue weighted by molar-refractivity contribution is 0.0450. The van der Waals surface area contributed by atoms with Gasteiger partial charge in [-0.25, -0.2) is 0 Å². The summed E-state index contributed by atoms with van der Waals surface area (Å²) < 4.78 is 10.5. The first kappa shape index (κ1) is 17.6. The minimum atomic E-state index is -0.0466. The molecule has 2 aromatic heterocycles. The number of methoxy groups -OCH3 is 1. The summed E-state index contributed by atoms with van der Waals surface area (Å²) in [6.07, 6.45) is 7.12. The van der Waals surface area contributed by atoms with Gasteiger partial charge in [0, 0.05) is 51.7 Å². The van der Waals surface area contributed by atoms with Gasteiger partial charge < -0.3 is 14.1 Å². The largest absolute Gasteiger partial charge is 0.459 e. The SMILES string of the molecule is COCCN(C(=O)c1ccco1)C1CCN(Cc2ccncc2)CC1. The molecule has 25 heavy (non-hydrogen) atoms. The molecule has 1 aliphatic heterocycles. The summed E-state index contributed by atoms with van der Waals surface area (Å²) in [7, 11) is 1.66. The van der Waals surface area contributed by atoms with E-state index in [0.717, 1.165) is 32.5 Å². The van der Waals surface area contributed by atoms with Crippen molar-refractivity contribution in [1.29, 1.82) is 0 Å². The van der Waals surface area contributed by atoms with Crippen LogP contribution in [0.25, 0.3) is 0 Å². The van der Waals surface area contributed by atoms with Crippen LogP contribution in [-0.4, -0.2) is 60.1 Å². The summed E-state index contributed by atoms with van der Waals surface area (Å²) in [5, 5.41) is 0. The molecule has 0 saturated carbocycles. The van der Waals surface area contributed by atoms with Gasteiger partial charge in [-0.2, -0.15) is 0 Å². The number of rotatable bonds is 7. The molecule has 134 valence electrons. The second-order valence-electron chi connectivity index (χ2n) is 6.33. The Hall–Kier alpha value is -2.18. The molecule has 2 aromatic rings. The van der Waals surface area contributed by atoms with Crippen LogP contribution < -0.4 is 0 Å². The van der Waals surface area contributed by atoms with Crippen molar-refractivity contribution >= 4 is 5.91 Å². The number of likely N-dealkylation sites (tertiary alicyclic amines) is 1. The Bertz CT molecular complexity index is 637. The summed E-state index contributed by atoms with van der Waals surface area (Å²) in [5.74, 6) is 0.352. The molecule has 0 aromatic carbocycles. The van der Waals surface area contributed by atoms with E-state index in [1.807, 2.05) is 17.3 Å². The Balaban J connectivity index is 1.58. The summed E-state index contributed by atoms with van der Waals surface area (Å²) in [4.78, 5) is 21.1. The van der Waals surface area contributed by atoms with E-state index in [-0.39, 0.29) is 11.9 Å². The molecule has 6 nitrogen and oxygen atoms in total. The zero-order valence-corrected chi connectivity index (χ0v) is 14.6. The Kier molecular flexibility index (Phi) is 6.19. The van der Waals surface area contributed by atoms with E-state index in [1.165, 1.54) is 5.56 Å². The van der Waals surface area contributed by atoms with Gasteiger partial charge in [0.2, 0.25) is 0 Å². The maximum Gasteiger partial charge on any atom is 0.289 e. The van der Waals surface area contributed by atoms with Crippen LogP contribution in [0.5, 0.6) is 0 Å². The summed E-state index contributed by atoms with van der Waals surface area (Å²) in [6.45, 7) is 4.00. The fourth-order valence-electron chi connectivity index (χ4n) is 3.32. The maximum absolute atomic E-state index is 12.7. The molecule has 3 heterocycles. The zero-order chi connectivity index (χ0) is 17.5. The standard InChI is InChI=1S/C19H25N3O3/c1-24-14-12-22(19(23)18-3-2-13-25-18)17-6-10-21(11-7-17)15-16-4-8-20-9-5-16/h2-5,8-9,13,17H,6-7,10-12,14-15H2,1H3. The first-order valence-electron chi connectivity index (χ1n) is 8.72. The molecule has 1 aliphatic rings. The number of ether oxygens (including phenoxy) is 1. The van der Waals surface area contributed by atoms with Crippen LogP contribution in [0.3, 0.4) is 0 Å². The third-order valence-corrected chi connectivity index (χ3v) is 4.68. The molecule has 0 radical (unpaired) electrons. The number of carbonyl (C=O) groups excluding carboxylic acids is 1. The van der Waals surface area contributed by atoms with Crippen molar-refractivity contribution in [2.75, 3.05) is 33.4 Å². The molecule has 0 bridgehead atoms. The van der Waals surface area contributed by atoms with Crippen LogP contribution in [0.2, 0.25) is 0 Å². The Morgan fingerprint density at radius 2 is 2.08 bits per heavy atom. The second-order valence-corrected chi connectivity index (χ2v) is 6.33. The maximum atomic E-state index is 12.7. The highest BCUT2D eigenvalue weighted by Crippen LogP contribution is 2.20. The van der Waals surface area contributed by atoms with Gasteiger partial charge in [-0.15, -0.1) is 0 Å². The predicted octanol–water partition coefficient (Wildman–Crippen LogP) is 2.43. The number of amides is 1. The lowest BCUT2D eigenvalue weighted by atomic mass is 10.0. The quantitative estimate of drug-likeness (QED) is 0.773. The molecular weight excluding hydrogens is 318 g/mol. The summed E-state index contributed by atoms with van der Waals surface area (Å²) >= 11 is 0. The van der Waals surface area contributed by atoms with Crippen molar-refractivity contribution in [3.05, 3.63) is 54.2 Å². The van der Waals surface area contributed by atoms with Crippen LogP contribution in [0, 0.1) is 0 Å². The molecule has 1 amide bonds. The smallest absolute Gasteiger partial charge is 0.289 e. The van der Waals surface area contributed by atoms with Crippen molar-refractivity contribution < 1.29 is 13.9 Å². The molecule has 0 aliphatic carbocycles. The van der Waals surface area contributed by atoms with Crippen molar-refractivity contribution in [3.63, 3.8) is 0 Å². The Labute approximate surface area is 148 Å². The molecule has 0 spiro atoms. The third kappa shape index (κ3) is 4.67. The van der Waals surface area contributed by atoms with E-state index >= 15 is 0 Å². The van der Waals surface area contributed by atoms with E-state index in [4.69, 9.17) is 9.15 Å². The molecule has 0 N–H and O–H groups in total. The molecule has 0 unspecified atom stereocenters. The third-order valence-electron chi connectivity index (χ3n) is 4.68. The number of furan rings is 1. The predicted molar refractivity (Wildman–Crippen MR) is 94.2 cm³/mol. The first-order chi connectivity index (χ1) is 12.3. The molecule has 0 atom stereocenters. The van der Waals surface area contributed by atoms with Crippen LogP contribution in [-0.2, 0) is 11.3 Å². The van der Waals surface area contributed by atoms with Crippen LogP contribution >= 0.6 is 0 Å². The van der Waals surface area contributed by atoms with E-state index in [9.17, 15) is 4.79 Å². The normalized spacial score (nSPS) is 16.0. The molecule has 3 rings (SSSR count). The Morgan fingerprint density at radius 1 is 1.32 bits per heavy atom. The van der Waals surface area contributed by atoms with Crippen molar-refractivity contribution in [1.82, 2.24) is 14.8 Å². The van der Waals surface area contributed by atoms with Gasteiger partial charge in [0.05, 0.1) is 12.9 Å². The lowest BCUT2D eigenvalue weighted by Gasteiger charge is -2.38. The number of piperidine rings is 1. The fraction of sp³-hybridized carbons (Fsp3) is 0.474. The highest BCUT2D eigenvalue weighted by molar-refractivity contribution is 5.91. The molecular formula is C19H25N3O3. The van der Waals surface area contributed by atoms with Crippen molar-refractivity contribution in [2.45, 2.75) is 25.4 Å². The van der Waals surface area contributed by atoms with Crippen LogP contribution in [0.4, 0.5) is 0 Å². The number of carbonyl (C=O) groups is 1. The van der Waals surface area contributed by atoms with Crippen molar-refractivity contribution in [3.8, 4) is 0 Å². The molecule has 6 heteroatoms. The van der Waals surface area contributed by atoms with E-state index in [2.05, 4.69) is 22.0 Å². The lowest BCUT2D eigenvalue weighted by Crippen LogP contribution is -2.48.